The van der Waals surface area contributed by atoms with Crippen LogP contribution in [0.1, 0.15) is 20.7 Å². The maximum absolute atomic E-state index is 12.1. The van der Waals surface area contributed by atoms with Gasteiger partial charge in [0.05, 0.1) is 23.3 Å². The van der Waals surface area contributed by atoms with E-state index < -0.39 is 5.97 Å². The molecule has 2 aromatic rings. The third-order valence-electron chi connectivity index (χ3n) is 2.74. The highest BCUT2D eigenvalue weighted by molar-refractivity contribution is 6.36. The second kappa shape index (κ2) is 6.61. The monoisotopic (exact) mass is 323 g/mol. The van der Waals surface area contributed by atoms with Crippen LogP contribution in [0, 0.1) is 0 Å². The van der Waals surface area contributed by atoms with Gasteiger partial charge in [-0.25, -0.2) is 4.79 Å². The van der Waals surface area contributed by atoms with Crippen LogP contribution in [-0.4, -0.2) is 19.0 Å². The summed E-state index contributed by atoms with van der Waals surface area (Å²) < 4.78 is 4.60. The van der Waals surface area contributed by atoms with Gasteiger partial charge in [-0.2, -0.15) is 0 Å². The summed E-state index contributed by atoms with van der Waals surface area (Å²) in [6, 6.07) is 11.0. The van der Waals surface area contributed by atoms with Crippen LogP contribution in [0.25, 0.3) is 0 Å². The molecular weight excluding hydrogens is 313 g/mol. The molecule has 0 aliphatic rings. The van der Waals surface area contributed by atoms with Crippen LogP contribution in [0.3, 0.4) is 0 Å². The minimum atomic E-state index is -0.439. The first kappa shape index (κ1) is 15.4. The van der Waals surface area contributed by atoms with Crippen molar-refractivity contribution in [3.63, 3.8) is 0 Å². The molecule has 6 heteroatoms. The zero-order chi connectivity index (χ0) is 15.4. The molecule has 0 heterocycles. The SMILES string of the molecule is COC(=O)c1ccc(NC(=O)c2cc(Cl)ccc2Cl)cc1. The molecule has 0 saturated carbocycles. The van der Waals surface area contributed by atoms with E-state index in [4.69, 9.17) is 23.2 Å². The third kappa shape index (κ3) is 3.74. The summed E-state index contributed by atoms with van der Waals surface area (Å²) in [5.74, 6) is -0.820. The number of carbonyl (C=O) groups is 2. The summed E-state index contributed by atoms with van der Waals surface area (Å²) in [4.78, 5) is 23.4. The summed E-state index contributed by atoms with van der Waals surface area (Å²) >= 11 is 11.8. The number of amides is 1. The molecule has 0 aliphatic heterocycles. The first-order valence-electron chi connectivity index (χ1n) is 5.96. The van der Waals surface area contributed by atoms with Crippen LogP contribution in [0.15, 0.2) is 42.5 Å². The topological polar surface area (TPSA) is 55.4 Å². The van der Waals surface area contributed by atoms with Crippen molar-refractivity contribution in [3.05, 3.63) is 63.6 Å². The Labute approximate surface area is 131 Å². The van der Waals surface area contributed by atoms with Gasteiger partial charge in [0.25, 0.3) is 5.91 Å². The zero-order valence-electron chi connectivity index (χ0n) is 11.0. The molecule has 0 unspecified atom stereocenters. The van der Waals surface area contributed by atoms with Gasteiger partial charge in [-0.1, -0.05) is 23.2 Å². The number of hydrogen-bond donors (Lipinski definition) is 1. The van der Waals surface area contributed by atoms with E-state index in [1.54, 1.807) is 36.4 Å². The lowest BCUT2D eigenvalue weighted by Crippen LogP contribution is -2.12. The summed E-state index contributed by atoms with van der Waals surface area (Å²) in [5, 5.41) is 3.41. The molecule has 1 N–H and O–H groups in total. The van der Waals surface area contributed by atoms with Crippen LogP contribution < -0.4 is 5.32 Å². The first-order valence-corrected chi connectivity index (χ1v) is 6.71. The van der Waals surface area contributed by atoms with Crippen LogP contribution >= 0.6 is 23.2 Å². The number of ether oxygens (including phenoxy) is 1. The van der Waals surface area contributed by atoms with Crippen molar-refractivity contribution in [2.24, 2.45) is 0 Å². The predicted octanol–water partition coefficient (Wildman–Crippen LogP) is 4.03. The Balaban J connectivity index is 2.16. The summed E-state index contributed by atoms with van der Waals surface area (Å²) in [6.07, 6.45) is 0. The Kier molecular flexibility index (Phi) is 4.83. The average molecular weight is 324 g/mol. The fraction of sp³-hybridized carbons (Fsp3) is 0.0667. The first-order chi connectivity index (χ1) is 10.0. The minimum Gasteiger partial charge on any atom is -0.465 e. The number of halogens is 2. The minimum absolute atomic E-state index is 0.279. The van der Waals surface area contributed by atoms with E-state index in [0.717, 1.165) is 0 Å². The molecule has 4 nitrogen and oxygen atoms in total. The Morgan fingerprint density at radius 3 is 2.33 bits per heavy atom. The van der Waals surface area contributed by atoms with Crippen LogP contribution in [0.4, 0.5) is 5.69 Å². The lowest BCUT2D eigenvalue weighted by atomic mass is 10.2. The highest BCUT2D eigenvalue weighted by Gasteiger charge is 2.12. The standard InChI is InChI=1S/C15H11Cl2NO3/c1-21-15(20)9-2-5-11(6-3-9)18-14(19)12-8-10(16)4-7-13(12)17/h2-8H,1H3,(H,18,19). The molecule has 108 valence electrons. The second-order valence-corrected chi connectivity index (χ2v) is 4.99. The van der Waals surface area contributed by atoms with Gasteiger partial charge in [-0.05, 0) is 42.5 Å². The lowest BCUT2D eigenvalue weighted by molar-refractivity contribution is 0.0600. The van der Waals surface area contributed by atoms with E-state index in [1.807, 2.05) is 0 Å². The maximum atomic E-state index is 12.1. The quantitative estimate of drug-likeness (QED) is 0.867. The van der Waals surface area contributed by atoms with Crippen molar-refractivity contribution in [2.75, 3.05) is 12.4 Å². The maximum Gasteiger partial charge on any atom is 0.337 e. The smallest absolute Gasteiger partial charge is 0.337 e. The fourth-order valence-corrected chi connectivity index (χ4v) is 2.05. The second-order valence-electron chi connectivity index (χ2n) is 4.15. The molecule has 0 spiro atoms. The van der Waals surface area contributed by atoms with Gasteiger partial charge in [0.15, 0.2) is 0 Å². The van der Waals surface area contributed by atoms with Crippen LogP contribution in [0.5, 0.6) is 0 Å². The van der Waals surface area contributed by atoms with Crippen LogP contribution in [-0.2, 0) is 4.74 Å². The van der Waals surface area contributed by atoms with Gasteiger partial charge in [0, 0.05) is 10.7 Å². The molecule has 21 heavy (non-hydrogen) atoms. The van der Waals surface area contributed by atoms with Crippen LogP contribution in [0.2, 0.25) is 10.0 Å². The van der Waals surface area contributed by atoms with Gasteiger partial charge < -0.3 is 10.1 Å². The lowest BCUT2D eigenvalue weighted by Gasteiger charge is -2.08. The molecule has 2 rings (SSSR count). The van der Waals surface area contributed by atoms with E-state index in [-0.39, 0.29) is 11.5 Å². The number of benzene rings is 2. The number of hydrogen-bond acceptors (Lipinski definition) is 3. The van der Waals surface area contributed by atoms with Gasteiger partial charge in [-0.3, -0.25) is 4.79 Å². The van der Waals surface area contributed by atoms with Crippen molar-refractivity contribution in [1.29, 1.82) is 0 Å². The predicted molar refractivity (Wildman–Crippen MR) is 82.2 cm³/mol. The Bertz CT molecular complexity index is 684. The molecular formula is C15H11Cl2NO3. The molecule has 0 aromatic heterocycles. The molecule has 0 atom stereocenters. The molecule has 0 bridgehead atoms. The van der Waals surface area contributed by atoms with E-state index in [2.05, 4.69) is 10.1 Å². The highest BCUT2D eigenvalue weighted by atomic mass is 35.5. The highest BCUT2D eigenvalue weighted by Crippen LogP contribution is 2.22. The number of nitrogens with one attached hydrogen (secondary N) is 1. The number of rotatable bonds is 3. The van der Waals surface area contributed by atoms with E-state index in [9.17, 15) is 9.59 Å². The third-order valence-corrected chi connectivity index (χ3v) is 3.30. The van der Waals surface area contributed by atoms with Gasteiger partial charge in [-0.15, -0.1) is 0 Å². The van der Waals surface area contributed by atoms with Crippen molar-refractivity contribution in [3.8, 4) is 0 Å². The number of esters is 1. The number of anilines is 1. The largest absolute Gasteiger partial charge is 0.465 e. The zero-order valence-corrected chi connectivity index (χ0v) is 12.5. The van der Waals surface area contributed by atoms with Gasteiger partial charge in [0.1, 0.15) is 0 Å². The fourth-order valence-electron chi connectivity index (χ4n) is 1.68. The molecule has 0 aliphatic carbocycles. The van der Waals surface area contributed by atoms with Gasteiger partial charge in [0.2, 0.25) is 0 Å². The van der Waals surface area contributed by atoms with E-state index >= 15 is 0 Å². The summed E-state index contributed by atoms with van der Waals surface area (Å²) in [7, 11) is 1.30. The van der Waals surface area contributed by atoms with Crippen molar-refractivity contribution < 1.29 is 14.3 Å². The summed E-state index contributed by atoms with van der Waals surface area (Å²) in [5.41, 5.74) is 1.21. The molecule has 0 fully saturated rings. The van der Waals surface area contributed by atoms with Crippen molar-refractivity contribution in [2.45, 2.75) is 0 Å². The number of methoxy groups -OCH3 is 1. The normalized spacial score (nSPS) is 10.0. The molecule has 0 radical (unpaired) electrons. The van der Waals surface area contributed by atoms with Crippen molar-refractivity contribution in [1.82, 2.24) is 0 Å². The average Bonchev–Trinajstić information content (AvgIpc) is 2.49. The molecule has 0 saturated heterocycles. The Morgan fingerprint density at radius 2 is 1.71 bits per heavy atom. The summed E-state index contributed by atoms with van der Waals surface area (Å²) in [6.45, 7) is 0. The Hall–Kier alpha value is -2.04. The van der Waals surface area contributed by atoms with E-state index in [1.165, 1.54) is 13.2 Å². The molecule has 1 amide bonds. The van der Waals surface area contributed by atoms with E-state index in [0.29, 0.717) is 21.3 Å². The molecule has 2 aromatic carbocycles. The van der Waals surface area contributed by atoms with Crippen molar-refractivity contribution >= 4 is 40.8 Å². The Morgan fingerprint density at radius 1 is 1.05 bits per heavy atom. The van der Waals surface area contributed by atoms with Gasteiger partial charge >= 0.3 is 5.97 Å². The number of carbonyl (C=O) groups excluding carboxylic acids is 2.